The van der Waals surface area contributed by atoms with Gasteiger partial charge in [-0.05, 0) is 82.9 Å². The zero-order valence-corrected chi connectivity index (χ0v) is 24.5. The number of carbonyl (C=O) groups excluding carboxylic acids is 3. The molecule has 0 radical (unpaired) electrons. The number of benzene rings is 2. The number of thioether (sulfide) groups is 1. The number of aryl methyl sites for hydroxylation is 2. The van der Waals surface area contributed by atoms with Crippen molar-refractivity contribution in [3.63, 3.8) is 0 Å². The van der Waals surface area contributed by atoms with Gasteiger partial charge in [0.05, 0.1) is 13.2 Å². The van der Waals surface area contributed by atoms with E-state index in [1.165, 1.54) is 16.7 Å². The Bertz CT molecular complexity index is 1170. The smallest absolute Gasteiger partial charge is 0.408 e. The second-order valence-electron chi connectivity index (χ2n) is 10.1. The Morgan fingerprint density at radius 2 is 1.69 bits per heavy atom. The van der Waals surface area contributed by atoms with Crippen LogP contribution >= 0.6 is 11.8 Å². The van der Waals surface area contributed by atoms with E-state index in [9.17, 15) is 19.6 Å². The van der Waals surface area contributed by atoms with Gasteiger partial charge < -0.3 is 25.0 Å². The van der Waals surface area contributed by atoms with Crippen LogP contribution in [0.5, 0.6) is 5.75 Å². The molecule has 2 aromatic rings. The highest BCUT2D eigenvalue weighted by Crippen LogP contribution is 2.27. The fraction of sp³-hybridized carbons (Fsp3) is 0.448. The normalized spacial score (nSPS) is 12.5. The number of hydrogen-bond acceptors (Lipinski definition) is 7. The van der Waals surface area contributed by atoms with Gasteiger partial charge in [-0.1, -0.05) is 29.3 Å². The summed E-state index contributed by atoms with van der Waals surface area (Å²) in [5.74, 6) is 0.156. The average molecular weight is 555 g/mol. The lowest BCUT2D eigenvalue weighted by atomic mass is 9.98. The van der Waals surface area contributed by atoms with Crippen molar-refractivity contribution < 1.29 is 23.9 Å². The molecule has 2 rings (SSSR count). The molecule has 2 atom stereocenters. The second kappa shape index (κ2) is 14.4. The first-order chi connectivity index (χ1) is 18.4. The maximum Gasteiger partial charge on any atom is 0.408 e. The van der Waals surface area contributed by atoms with Crippen molar-refractivity contribution in [1.82, 2.24) is 10.2 Å². The van der Waals surface area contributed by atoms with Crippen molar-refractivity contribution >= 4 is 35.4 Å². The third-order valence-electron chi connectivity index (χ3n) is 5.60. The number of nitrogens with zero attached hydrogens (tertiary/aromatic N) is 2. The molecule has 210 valence electrons. The minimum atomic E-state index is -1.13. The summed E-state index contributed by atoms with van der Waals surface area (Å²) in [6.45, 7) is 8.62. The zero-order chi connectivity index (χ0) is 29.2. The van der Waals surface area contributed by atoms with Crippen LogP contribution in [0.25, 0.3) is 0 Å². The highest BCUT2D eigenvalue weighted by atomic mass is 32.2. The number of nitriles is 1. The molecule has 2 N–H and O–H groups in total. The van der Waals surface area contributed by atoms with E-state index in [2.05, 4.69) is 10.6 Å². The standard InChI is InChI=1S/C29H38N4O5S/c1-19-16-20(2)18-21(17-19)25(26(34)31-22-8-10-23(37-6)11-9-22)33(14-13-30)27(35)24(12-15-39-7)32-28(36)38-29(3,4)5/h8-11,16-18,24-25H,12,14-15H2,1-7H3,(H,31,34)(H,32,36). The Morgan fingerprint density at radius 3 is 2.21 bits per heavy atom. The highest BCUT2D eigenvalue weighted by Gasteiger charge is 2.36. The summed E-state index contributed by atoms with van der Waals surface area (Å²) >= 11 is 1.52. The number of hydrogen-bond donors (Lipinski definition) is 2. The maximum atomic E-state index is 14.0. The minimum Gasteiger partial charge on any atom is -0.497 e. The van der Waals surface area contributed by atoms with Crippen LogP contribution in [0.3, 0.4) is 0 Å². The lowest BCUT2D eigenvalue weighted by Gasteiger charge is -2.33. The number of alkyl carbamates (subject to hydrolysis) is 1. The van der Waals surface area contributed by atoms with Gasteiger partial charge in [-0.15, -0.1) is 0 Å². The summed E-state index contributed by atoms with van der Waals surface area (Å²) in [5.41, 5.74) is 2.11. The van der Waals surface area contributed by atoms with E-state index in [1.807, 2.05) is 44.4 Å². The van der Waals surface area contributed by atoms with Gasteiger partial charge in [-0.3, -0.25) is 9.59 Å². The number of amides is 3. The van der Waals surface area contributed by atoms with Crippen LogP contribution in [-0.4, -0.2) is 60.1 Å². The van der Waals surface area contributed by atoms with Crippen molar-refractivity contribution in [2.75, 3.05) is 31.0 Å². The summed E-state index contributed by atoms with van der Waals surface area (Å²) in [7, 11) is 1.55. The molecule has 0 saturated carbocycles. The molecule has 0 spiro atoms. The molecule has 39 heavy (non-hydrogen) atoms. The Hall–Kier alpha value is -3.71. The molecule has 0 bridgehead atoms. The second-order valence-corrected chi connectivity index (χ2v) is 11.1. The van der Waals surface area contributed by atoms with E-state index in [0.29, 0.717) is 29.2 Å². The largest absolute Gasteiger partial charge is 0.497 e. The number of nitrogens with one attached hydrogen (secondary N) is 2. The van der Waals surface area contributed by atoms with E-state index in [-0.39, 0.29) is 6.54 Å². The summed E-state index contributed by atoms with van der Waals surface area (Å²) in [5, 5.41) is 15.2. The van der Waals surface area contributed by atoms with Gasteiger partial charge in [0.1, 0.15) is 30.0 Å². The Balaban J connectivity index is 2.52. The topological polar surface area (TPSA) is 121 Å². The van der Waals surface area contributed by atoms with Crippen LogP contribution < -0.4 is 15.4 Å². The number of carbonyl (C=O) groups is 3. The van der Waals surface area contributed by atoms with Crippen molar-refractivity contribution in [2.45, 2.75) is 58.7 Å². The number of rotatable bonds is 11. The maximum absolute atomic E-state index is 14.0. The van der Waals surface area contributed by atoms with Crippen LogP contribution in [0.2, 0.25) is 0 Å². The highest BCUT2D eigenvalue weighted by molar-refractivity contribution is 7.98. The predicted octanol–water partition coefficient (Wildman–Crippen LogP) is 4.99. The summed E-state index contributed by atoms with van der Waals surface area (Å²) < 4.78 is 10.6. The average Bonchev–Trinajstić information content (AvgIpc) is 2.84. The van der Waals surface area contributed by atoms with Gasteiger partial charge >= 0.3 is 6.09 Å². The summed E-state index contributed by atoms with van der Waals surface area (Å²) in [4.78, 5) is 41.6. The summed E-state index contributed by atoms with van der Waals surface area (Å²) in [6.07, 6.45) is 1.44. The molecule has 0 aliphatic rings. The van der Waals surface area contributed by atoms with Gasteiger partial charge in [0.15, 0.2) is 0 Å². The third-order valence-corrected chi connectivity index (χ3v) is 6.25. The van der Waals surface area contributed by atoms with Crippen LogP contribution in [0.4, 0.5) is 10.5 Å². The molecule has 2 unspecified atom stereocenters. The molecule has 0 aliphatic heterocycles. The molecule has 2 aromatic carbocycles. The first-order valence-electron chi connectivity index (χ1n) is 12.6. The number of anilines is 1. The number of methoxy groups -OCH3 is 1. The Labute approximate surface area is 235 Å². The first kappa shape index (κ1) is 31.5. The molecular weight excluding hydrogens is 516 g/mol. The molecular formula is C29H38N4O5S. The van der Waals surface area contributed by atoms with Gasteiger partial charge in [0, 0.05) is 5.69 Å². The van der Waals surface area contributed by atoms with Crippen molar-refractivity contribution in [1.29, 1.82) is 5.26 Å². The monoisotopic (exact) mass is 554 g/mol. The van der Waals surface area contributed by atoms with Gasteiger partial charge in [0.2, 0.25) is 5.91 Å². The molecule has 3 amide bonds. The van der Waals surface area contributed by atoms with Crippen molar-refractivity contribution in [2.24, 2.45) is 0 Å². The first-order valence-corrected chi connectivity index (χ1v) is 14.0. The predicted molar refractivity (Wildman–Crippen MR) is 154 cm³/mol. The van der Waals surface area contributed by atoms with Crippen LogP contribution in [0, 0.1) is 25.2 Å². The van der Waals surface area contributed by atoms with E-state index in [1.54, 1.807) is 52.1 Å². The molecule has 0 heterocycles. The zero-order valence-electron chi connectivity index (χ0n) is 23.7. The lowest BCUT2D eigenvalue weighted by Crippen LogP contribution is -2.52. The van der Waals surface area contributed by atoms with E-state index in [0.717, 1.165) is 11.1 Å². The molecule has 9 nitrogen and oxygen atoms in total. The third kappa shape index (κ3) is 9.84. The molecule has 0 saturated heterocycles. The van der Waals surface area contributed by atoms with Crippen LogP contribution in [0.15, 0.2) is 42.5 Å². The minimum absolute atomic E-state index is 0.292. The van der Waals surface area contributed by atoms with E-state index in [4.69, 9.17) is 9.47 Å². The molecule has 0 aromatic heterocycles. The summed E-state index contributed by atoms with van der Waals surface area (Å²) in [6, 6.07) is 12.3. The SMILES string of the molecule is COc1ccc(NC(=O)C(c2cc(C)cc(C)c2)N(CC#N)C(=O)C(CCSC)NC(=O)OC(C)(C)C)cc1. The van der Waals surface area contributed by atoms with E-state index >= 15 is 0 Å². The molecule has 0 aliphatic carbocycles. The number of ether oxygens (including phenoxy) is 2. The van der Waals surface area contributed by atoms with Crippen molar-refractivity contribution in [3.8, 4) is 11.8 Å². The quantitative estimate of drug-likeness (QED) is 0.375. The fourth-order valence-corrected chi connectivity index (χ4v) is 4.51. The van der Waals surface area contributed by atoms with Crippen LogP contribution in [0.1, 0.15) is 49.9 Å². The fourth-order valence-electron chi connectivity index (χ4n) is 4.04. The van der Waals surface area contributed by atoms with E-state index < -0.39 is 35.6 Å². The lowest BCUT2D eigenvalue weighted by molar-refractivity contribution is -0.140. The van der Waals surface area contributed by atoms with Crippen molar-refractivity contribution in [3.05, 3.63) is 59.2 Å². The molecule has 10 heteroatoms. The Morgan fingerprint density at radius 1 is 1.08 bits per heavy atom. The molecule has 0 fully saturated rings. The van der Waals surface area contributed by atoms with Crippen LogP contribution in [-0.2, 0) is 14.3 Å². The Kier molecular flexibility index (Phi) is 11.7. The van der Waals surface area contributed by atoms with Gasteiger partial charge in [0.25, 0.3) is 5.91 Å². The van der Waals surface area contributed by atoms with Gasteiger partial charge in [-0.25, -0.2) is 4.79 Å². The van der Waals surface area contributed by atoms with Gasteiger partial charge in [-0.2, -0.15) is 17.0 Å².